The van der Waals surface area contributed by atoms with Crippen molar-refractivity contribution in [2.24, 2.45) is 0 Å². The Morgan fingerprint density at radius 2 is 1.75 bits per heavy atom. The molecule has 2 saturated heterocycles. The normalized spacial score (nSPS) is 30.1. The van der Waals surface area contributed by atoms with Crippen LogP contribution in [0.15, 0.2) is 15.8 Å². The molecule has 154 valence electrons. The van der Waals surface area contributed by atoms with Crippen molar-refractivity contribution >= 4 is 43.7 Å². The Morgan fingerprint density at radius 1 is 1.14 bits per heavy atom. The van der Waals surface area contributed by atoms with Crippen molar-refractivity contribution in [1.82, 2.24) is 14.5 Å². The Balaban J connectivity index is 1.96. The van der Waals surface area contributed by atoms with Gasteiger partial charge < -0.3 is 20.1 Å². The number of imide groups is 1. The monoisotopic (exact) mass is 525 g/mol. The van der Waals surface area contributed by atoms with Crippen molar-refractivity contribution in [3.63, 3.8) is 0 Å². The number of hydrogen-bond acceptors (Lipinski definition) is 8. The molecule has 2 fully saturated rings. The minimum atomic E-state index is -1.52. The Hall–Kier alpha value is -1.38. The average Bonchev–Trinajstić information content (AvgIpc) is 3.13. The number of amides is 2. The number of rotatable bonds is 5. The molecule has 1 aromatic rings. The number of nitrogens with one attached hydrogen (secondary N) is 1. The number of carbonyl (C=O) groups excluding carboxylic acids is 2. The fourth-order valence-corrected chi connectivity index (χ4v) is 4.45. The van der Waals surface area contributed by atoms with E-state index in [1.165, 1.54) is 0 Å². The first-order valence-corrected chi connectivity index (χ1v) is 10.1. The highest BCUT2D eigenvalue weighted by Crippen LogP contribution is 2.35. The fraction of sp³-hybridized carbons (Fsp3) is 0.600. The number of aromatic nitrogens is 2. The molecule has 4 N–H and O–H groups in total. The fourth-order valence-electron chi connectivity index (χ4n) is 3.14. The van der Waals surface area contributed by atoms with Crippen LogP contribution < -0.4 is 11.2 Å². The lowest BCUT2D eigenvalue weighted by Crippen LogP contribution is -2.42. The SMILES string of the molecule is O=C1CCC(=O)N1C(Br)C(Br)c1cn([C@@H]2O[C@H](CO)[C@@H](O)[C@H]2O)c(=O)[nH]c1=O. The predicted molar refractivity (Wildman–Crippen MR) is 99.8 cm³/mol. The molecule has 6 atom stereocenters. The van der Waals surface area contributed by atoms with Gasteiger partial charge in [0.15, 0.2) is 6.23 Å². The lowest BCUT2D eigenvalue weighted by Gasteiger charge is -2.26. The third kappa shape index (κ3) is 3.62. The van der Waals surface area contributed by atoms with E-state index in [1.807, 2.05) is 0 Å². The Bertz CT molecular complexity index is 886. The molecular weight excluding hydrogens is 510 g/mol. The lowest BCUT2D eigenvalue weighted by atomic mass is 10.1. The summed E-state index contributed by atoms with van der Waals surface area (Å²) in [6.07, 6.45) is -4.16. The summed E-state index contributed by atoms with van der Waals surface area (Å²) in [6.45, 7) is -0.580. The van der Waals surface area contributed by atoms with Crippen LogP contribution in [0.2, 0.25) is 0 Å². The van der Waals surface area contributed by atoms with Crippen molar-refractivity contribution in [2.75, 3.05) is 6.61 Å². The molecule has 2 aliphatic rings. The van der Waals surface area contributed by atoms with Crippen LogP contribution in [0.3, 0.4) is 0 Å². The van der Waals surface area contributed by atoms with E-state index in [2.05, 4.69) is 36.8 Å². The van der Waals surface area contributed by atoms with E-state index < -0.39 is 64.0 Å². The molecule has 3 heterocycles. The highest BCUT2D eigenvalue weighted by molar-refractivity contribution is 9.12. The minimum absolute atomic E-state index is 0.0216. The van der Waals surface area contributed by atoms with Crippen molar-refractivity contribution in [1.29, 1.82) is 0 Å². The van der Waals surface area contributed by atoms with Crippen molar-refractivity contribution in [2.45, 2.75) is 47.2 Å². The largest absolute Gasteiger partial charge is 0.394 e. The van der Waals surface area contributed by atoms with Crippen molar-refractivity contribution < 1.29 is 29.6 Å². The molecule has 2 amide bonds. The second kappa shape index (κ2) is 8.16. The van der Waals surface area contributed by atoms with Gasteiger partial charge in [0, 0.05) is 19.0 Å². The Kier molecular flexibility index (Phi) is 6.22. The Morgan fingerprint density at radius 3 is 2.29 bits per heavy atom. The maximum absolute atomic E-state index is 12.3. The number of aliphatic hydroxyl groups is 3. The summed E-state index contributed by atoms with van der Waals surface area (Å²) < 4.78 is 6.19. The number of hydrogen-bond donors (Lipinski definition) is 4. The molecule has 13 heteroatoms. The van der Waals surface area contributed by atoms with Gasteiger partial charge in [0.1, 0.15) is 23.3 Å². The molecule has 2 aliphatic heterocycles. The van der Waals surface area contributed by atoms with Crippen LogP contribution in [0.1, 0.15) is 29.5 Å². The molecular formula is C15H17Br2N3O8. The molecule has 0 saturated carbocycles. The average molecular weight is 527 g/mol. The molecule has 3 rings (SSSR count). The summed E-state index contributed by atoms with van der Waals surface area (Å²) in [5.41, 5.74) is -1.69. The zero-order chi connectivity index (χ0) is 20.7. The maximum atomic E-state index is 12.3. The number of carbonyl (C=O) groups is 2. The molecule has 2 unspecified atom stereocenters. The number of aromatic amines is 1. The van der Waals surface area contributed by atoms with Gasteiger partial charge in [0.2, 0.25) is 11.8 Å². The van der Waals surface area contributed by atoms with Crippen LogP contribution >= 0.6 is 31.9 Å². The van der Waals surface area contributed by atoms with Crippen LogP contribution in [-0.2, 0) is 14.3 Å². The predicted octanol–water partition coefficient (Wildman–Crippen LogP) is -1.55. The van der Waals surface area contributed by atoms with E-state index >= 15 is 0 Å². The van der Waals surface area contributed by atoms with Gasteiger partial charge in [0.05, 0.1) is 17.0 Å². The number of likely N-dealkylation sites (tertiary alicyclic amines) is 1. The van der Waals surface area contributed by atoms with E-state index in [0.717, 1.165) is 15.7 Å². The number of H-pyrrole nitrogens is 1. The van der Waals surface area contributed by atoms with Crippen LogP contribution in [0, 0.1) is 0 Å². The number of ether oxygens (including phenoxy) is 1. The van der Waals surface area contributed by atoms with Crippen molar-refractivity contribution in [3.05, 3.63) is 32.6 Å². The van der Waals surface area contributed by atoms with Crippen LogP contribution in [0.4, 0.5) is 0 Å². The van der Waals surface area contributed by atoms with Gasteiger partial charge >= 0.3 is 5.69 Å². The minimum Gasteiger partial charge on any atom is -0.394 e. The summed E-state index contributed by atoms with van der Waals surface area (Å²) in [5.74, 6) is -0.797. The van der Waals surface area contributed by atoms with Gasteiger partial charge in [0.25, 0.3) is 5.56 Å². The van der Waals surface area contributed by atoms with E-state index in [1.54, 1.807) is 0 Å². The summed E-state index contributed by atoms with van der Waals surface area (Å²) >= 11 is 6.50. The summed E-state index contributed by atoms with van der Waals surface area (Å²) in [5, 5.41) is 29.2. The van der Waals surface area contributed by atoms with Crippen molar-refractivity contribution in [3.8, 4) is 0 Å². The molecule has 0 aromatic carbocycles. The van der Waals surface area contributed by atoms with Crippen LogP contribution in [0.5, 0.6) is 0 Å². The standard InChI is InChI=1S/C15H17Br2N3O8/c16-9(12(17)20-7(22)1-2-8(20)23)5-3-19(15(27)18-13(5)26)14-11(25)10(24)6(4-21)28-14/h3,6,9-12,14,21,24-25H,1-2,4H2,(H,18,26,27)/t6-,9?,10-,11-,12?,14-/m1/s1. The molecule has 11 nitrogen and oxygen atoms in total. The molecule has 0 spiro atoms. The van der Waals surface area contributed by atoms with Gasteiger partial charge in [-0.1, -0.05) is 31.9 Å². The first-order chi connectivity index (χ1) is 13.2. The number of halogens is 2. The van der Waals surface area contributed by atoms with E-state index in [0.29, 0.717) is 0 Å². The first-order valence-electron chi connectivity index (χ1n) is 8.28. The van der Waals surface area contributed by atoms with E-state index in [-0.39, 0.29) is 18.4 Å². The zero-order valence-corrected chi connectivity index (χ0v) is 17.4. The summed E-state index contributed by atoms with van der Waals surface area (Å²) in [7, 11) is 0. The molecule has 0 aliphatic carbocycles. The van der Waals surface area contributed by atoms with E-state index in [4.69, 9.17) is 4.74 Å². The molecule has 28 heavy (non-hydrogen) atoms. The highest BCUT2D eigenvalue weighted by Gasteiger charge is 2.44. The first kappa shape index (κ1) is 21.3. The summed E-state index contributed by atoms with van der Waals surface area (Å²) in [4.78, 5) is 49.7. The summed E-state index contributed by atoms with van der Waals surface area (Å²) in [6, 6.07) is 0. The van der Waals surface area contributed by atoms with E-state index in [9.17, 15) is 34.5 Å². The van der Waals surface area contributed by atoms with Crippen LogP contribution in [0.25, 0.3) is 0 Å². The second-order valence-corrected chi connectivity index (χ2v) is 8.34. The zero-order valence-electron chi connectivity index (χ0n) is 14.2. The smallest absolute Gasteiger partial charge is 0.330 e. The van der Waals surface area contributed by atoms with Gasteiger partial charge in [-0.25, -0.2) is 4.79 Å². The van der Waals surface area contributed by atoms with Gasteiger partial charge in [-0.15, -0.1) is 0 Å². The molecule has 0 radical (unpaired) electrons. The van der Waals surface area contributed by atoms with Gasteiger partial charge in [-0.05, 0) is 0 Å². The van der Waals surface area contributed by atoms with Gasteiger partial charge in [-0.2, -0.15) is 0 Å². The van der Waals surface area contributed by atoms with Gasteiger partial charge in [-0.3, -0.25) is 28.8 Å². The number of alkyl halides is 2. The molecule has 0 bridgehead atoms. The third-order valence-corrected chi connectivity index (χ3v) is 7.30. The lowest BCUT2D eigenvalue weighted by molar-refractivity contribution is -0.138. The number of nitrogens with zero attached hydrogens (tertiary/aromatic N) is 2. The maximum Gasteiger partial charge on any atom is 0.330 e. The number of aliphatic hydroxyl groups excluding tert-OH is 3. The van der Waals surface area contributed by atoms with Crippen LogP contribution in [-0.4, -0.2) is 71.5 Å². The Labute approximate surface area is 174 Å². The quantitative estimate of drug-likeness (QED) is 0.204. The third-order valence-electron chi connectivity index (χ3n) is 4.66. The topological polar surface area (TPSA) is 162 Å². The highest BCUT2D eigenvalue weighted by atomic mass is 79.9. The molecule has 1 aromatic heterocycles. The second-order valence-electron chi connectivity index (χ2n) is 6.41.